The number of rotatable bonds is 7. The standard InChI is InChI=1S/C21H19Cl2IN2O2/c1-27-16-7-3-14(4-8-16)12-26(13-15-5-9-17(28-2)10-6-15)19-11-18(22)20(24)21(23)25-19/h3-11H,12-13H2,1-2H3. The Balaban J connectivity index is 1.92. The lowest BCUT2D eigenvalue weighted by Gasteiger charge is -2.25. The van der Waals surface area contributed by atoms with Crippen LogP contribution >= 0.6 is 45.8 Å². The maximum Gasteiger partial charge on any atom is 0.146 e. The fraction of sp³-hybridized carbons (Fsp3) is 0.190. The predicted molar refractivity (Wildman–Crippen MR) is 123 cm³/mol. The summed E-state index contributed by atoms with van der Waals surface area (Å²) in [6.07, 6.45) is 0. The molecule has 0 aliphatic rings. The third-order valence-corrected chi connectivity index (χ3v) is 6.55. The number of nitrogens with zero attached hydrogens (tertiary/aromatic N) is 2. The van der Waals surface area contributed by atoms with Gasteiger partial charge in [0, 0.05) is 19.2 Å². The second kappa shape index (κ2) is 9.67. The molecule has 0 aliphatic carbocycles. The minimum Gasteiger partial charge on any atom is -0.497 e. The number of hydrogen-bond acceptors (Lipinski definition) is 4. The van der Waals surface area contributed by atoms with Crippen LogP contribution in [0.25, 0.3) is 0 Å². The van der Waals surface area contributed by atoms with Crippen LogP contribution in [0.15, 0.2) is 54.6 Å². The zero-order valence-electron chi connectivity index (χ0n) is 15.5. The monoisotopic (exact) mass is 528 g/mol. The molecule has 0 bridgehead atoms. The fourth-order valence-corrected chi connectivity index (χ4v) is 3.44. The molecule has 0 N–H and O–H groups in total. The van der Waals surface area contributed by atoms with Crippen molar-refractivity contribution < 1.29 is 9.47 Å². The Morgan fingerprint density at radius 3 is 1.71 bits per heavy atom. The van der Waals surface area contributed by atoms with Crippen molar-refractivity contribution >= 4 is 51.6 Å². The third-order valence-electron chi connectivity index (χ3n) is 4.25. The van der Waals surface area contributed by atoms with Gasteiger partial charge in [-0.25, -0.2) is 4.98 Å². The van der Waals surface area contributed by atoms with Crippen molar-refractivity contribution in [2.24, 2.45) is 0 Å². The van der Waals surface area contributed by atoms with Crippen LogP contribution in [0.5, 0.6) is 11.5 Å². The molecule has 0 unspecified atom stereocenters. The molecule has 0 amide bonds. The van der Waals surface area contributed by atoms with Crippen molar-refractivity contribution in [2.45, 2.75) is 13.1 Å². The molecule has 0 spiro atoms. The number of ether oxygens (including phenoxy) is 2. The van der Waals surface area contributed by atoms with Crippen molar-refractivity contribution in [1.82, 2.24) is 4.98 Å². The summed E-state index contributed by atoms with van der Waals surface area (Å²) in [6.45, 7) is 1.30. The van der Waals surface area contributed by atoms with E-state index >= 15 is 0 Å². The third kappa shape index (κ3) is 5.21. The van der Waals surface area contributed by atoms with E-state index in [1.807, 2.05) is 54.6 Å². The van der Waals surface area contributed by atoms with Crippen LogP contribution in [0.4, 0.5) is 5.82 Å². The Labute approximate surface area is 188 Å². The van der Waals surface area contributed by atoms with Crippen LogP contribution in [0, 0.1) is 3.57 Å². The molecule has 0 saturated heterocycles. The molecule has 28 heavy (non-hydrogen) atoms. The Morgan fingerprint density at radius 2 is 1.32 bits per heavy atom. The van der Waals surface area contributed by atoms with E-state index in [1.54, 1.807) is 14.2 Å². The number of pyridine rings is 1. The molecule has 7 heteroatoms. The molecule has 3 aromatic rings. The Hall–Kier alpha value is -1.70. The largest absolute Gasteiger partial charge is 0.497 e. The number of hydrogen-bond donors (Lipinski definition) is 0. The van der Waals surface area contributed by atoms with Gasteiger partial charge in [0.1, 0.15) is 22.5 Å². The van der Waals surface area contributed by atoms with Gasteiger partial charge >= 0.3 is 0 Å². The highest BCUT2D eigenvalue weighted by Gasteiger charge is 2.15. The van der Waals surface area contributed by atoms with E-state index in [1.165, 1.54) is 0 Å². The predicted octanol–water partition coefficient (Wildman–Crippen LogP) is 6.22. The summed E-state index contributed by atoms with van der Waals surface area (Å²) in [5.74, 6) is 2.37. The second-order valence-corrected chi connectivity index (χ2v) is 7.96. The SMILES string of the molecule is COc1ccc(CN(Cc2ccc(OC)cc2)c2cc(Cl)c(I)c(Cl)n2)cc1. The molecule has 0 radical (unpaired) electrons. The molecular weight excluding hydrogens is 510 g/mol. The minimum absolute atomic E-state index is 0.401. The average molecular weight is 529 g/mol. The van der Waals surface area contributed by atoms with E-state index in [0.29, 0.717) is 23.3 Å². The number of aromatic nitrogens is 1. The van der Waals surface area contributed by atoms with E-state index in [2.05, 4.69) is 32.5 Å². The highest BCUT2D eigenvalue weighted by atomic mass is 127. The summed E-state index contributed by atoms with van der Waals surface area (Å²) in [6, 6.07) is 17.8. The van der Waals surface area contributed by atoms with Gasteiger partial charge in [-0.2, -0.15) is 0 Å². The van der Waals surface area contributed by atoms with Crippen molar-refractivity contribution in [3.05, 3.63) is 79.5 Å². The molecule has 0 fully saturated rings. The molecule has 146 valence electrons. The van der Waals surface area contributed by atoms with Crippen LogP contribution in [0.1, 0.15) is 11.1 Å². The van der Waals surface area contributed by atoms with Crippen LogP contribution in [0.3, 0.4) is 0 Å². The molecule has 3 rings (SSSR count). The molecule has 1 aromatic heterocycles. The van der Waals surface area contributed by atoms with Gasteiger partial charge in [-0.15, -0.1) is 0 Å². The first-order chi connectivity index (χ1) is 13.5. The summed E-state index contributed by atoms with van der Waals surface area (Å²) in [7, 11) is 3.31. The van der Waals surface area contributed by atoms with Gasteiger partial charge < -0.3 is 14.4 Å². The molecule has 2 aromatic carbocycles. The van der Waals surface area contributed by atoms with Gasteiger partial charge in [-0.05, 0) is 58.0 Å². The number of anilines is 1. The maximum absolute atomic E-state index is 6.36. The highest BCUT2D eigenvalue weighted by Crippen LogP contribution is 2.30. The first kappa shape index (κ1) is 21.0. The van der Waals surface area contributed by atoms with Gasteiger partial charge in [-0.3, -0.25) is 0 Å². The molecule has 0 atom stereocenters. The summed E-state index contributed by atoms with van der Waals surface area (Å²) in [5.41, 5.74) is 2.25. The van der Waals surface area contributed by atoms with E-state index in [9.17, 15) is 0 Å². The van der Waals surface area contributed by atoms with Gasteiger partial charge in [0.2, 0.25) is 0 Å². The first-order valence-electron chi connectivity index (χ1n) is 8.52. The Morgan fingerprint density at radius 1 is 0.857 bits per heavy atom. The van der Waals surface area contributed by atoms with E-state index in [0.717, 1.165) is 32.0 Å². The molecule has 4 nitrogen and oxygen atoms in total. The average Bonchev–Trinajstić information content (AvgIpc) is 2.72. The molecular formula is C21H19Cl2IN2O2. The number of halogens is 3. The van der Waals surface area contributed by atoms with Crippen molar-refractivity contribution in [3.8, 4) is 11.5 Å². The van der Waals surface area contributed by atoms with Gasteiger partial charge in [0.25, 0.3) is 0 Å². The fourth-order valence-electron chi connectivity index (χ4n) is 2.74. The van der Waals surface area contributed by atoms with Crippen LogP contribution in [0.2, 0.25) is 10.2 Å². The number of methoxy groups -OCH3 is 2. The molecule has 0 saturated carbocycles. The highest BCUT2D eigenvalue weighted by molar-refractivity contribution is 14.1. The normalized spacial score (nSPS) is 10.6. The van der Waals surface area contributed by atoms with Crippen LogP contribution in [-0.2, 0) is 13.1 Å². The zero-order valence-corrected chi connectivity index (χ0v) is 19.1. The lowest BCUT2D eigenvalue weighted by atomic mass is 10.1. The van der Waals surface area contributed by atoms with Crippen molar-refractivity contribution in [3.63, 3.8) is 0 Å². The van der Waals surface area contributed by atoms with Gasteiger partial charge in [0.05, 0.1) is 22.8 Å². The lowest BCUT2D eigenvalue weighted by molar-refractivity contribution is 0.414. The van der Waals surface area contributed by atoms with E-state index < -0.39 is 0 Å². The number of benzene rings is 2. The summed E-state index contributed by atoms with van der Waals surface area (Å²) in [5, 5.41) is 0.989. The van der Waals surface area contributed by atoms with Gasteiger partial charge in [0.15, 0.2) is 0 Å². The lowest BCUT2D eigenvalue weighted by Crippen LogP contribution is -2.23. The van der Waals surface area contributed by atoms with Crippen LogP contribution in [-0.4, -0.2) is 19.2 Å². The summed E-state index contributed by atoms with van der Waals surface area (Å²) in [4.78, 5) is 6.68. The Bertz CT molecular complexity index is 862. The van der Waals surface area contributed by atoms with Crippen molar-refractivity contribution in [2.75, 3.05) is 19.1 Å². The molecule has 0 aliphatic heterocycles. The summed E-state index contributed by atoms with van der Waals surface area (Å²) < 4.78 is 11.2. The zero-order chi connectivity index (χ0) is 20.1. The van der Waals surface area contributed by atoms with Crippen LogP contribution < -0.4 is 14.4 Å². The quantitative estimate of drug-likeness (QED) is 0.269. The van der Waals surface area contributed by atoms with Crippen molar-refractivity contribution in [1.29, 1.82) is 0 Å². The first-order valence-corrected chi connectivity index (χ1v) is 10.4. The smallest absolute Gasteiger partial charge is 0.146 e. The minimum atomic E-state index is 0.401. The second-order valence-electron chi connectivity index (χ2n) is 6.12. The van der Waals surface area contributed by atoms with E-state index in [4.69, 9.17) is 32.7 Å². The topological polar surface area (TPSA) is 34.6 Å². The summed E-state index contributed by atoms with van der Waals surface area (Å²) >= 11 is 14.7. The maximum atomic E-state index is 6.36. The van der Waals surface area contributed by atoms with E-state index in [-0.39, 0.29) is 0 Å². The van der Waals surface area contributed by atoms with Gasteiger partial charge in [-0.1, -0.05) is 47.5 Å². The Kier molecular flexibility index (Phi) is 7.26. The molecule has 1 heterocycles.